The molecule has 1 aromatic rings. The maximum Gasteiger partial charge on any atom is 0.254 e. The summed E-state index contributed by atoms with van der Waals surface area (Å²) in [4.78, 5) is 14.3. The molecule has 19 heavy (non-hydrogen) atoms. The van der Waals surface area contributed by atoms with Crippen LogP contribution in [0.15, 0.2) is 22.7 Å². The first-order valence-corrected chi connectivity index (χ1v) is 7.77. The fourth-order valence-electron chi connectivity index (χ4n) is 2.54. The first-order chi connectivity index (χ1) is 9.11. The summed E-state index contributed by atoms with van der Waals surface area (Å²) < 4.78 is 14.0. The van der Waals surface area contributed by atoms with Crippen molar-refractivity contribution in [1.82, 2.24) is 4.90 Å². The van der Waals surface area contributed by atoms with E-state index in [2.05, 4.69) is 15.9 Å². The molecule has 0 aromatic heterocycles. The van der Waals surface area contributed by atoms with Crippen LogP contribution in [-0.2, 0) is 0 Å². The van der Waals surface area contributed by atoms with Crippen LogP contribution in [0.25, 0.3) is 0 Å². The van der Waals surface area contributed by atoms with Crippen LogP contribution >= 0.6 is 27.5 Å². The lowest BCUT2D eigenvalue weighted by atomic mass is 9.99. The molecule has 1 heterocycles. The number of rotatable bonds is 3. The van der Waals surface area contributed by atoms with Crippen LogP contribution in [0.5, 0.6) is 0 Å². The zero-order chi connectivity index (χ0) is 13.8. The van der Waals surface area contributed by atoms with Crippen LogP contribution in [0.3, 0.4) is 0 Å². The molecule has 1 aromatic carbocycles. The number of likely N-dealkylation sites (tertiary alicyclic amines) is 1. The number of piperidine rings is 1. The highest BCUT2D eigenvalue weighted by molar-refractivity contribution is 9.10. The van der Waals surface area contributed by atoms with Crippen molar-refractivity contribution in [3.8, 4) is 0 Å². The lowest BCUT2D eigenvalue weighted by Crippen LogP contribution is -2.44. The van der Waals surface area contributed by atoms with Gasteiger partial charge in [0.05, 0.1) is 0 Å². The van der Waals surface area contributed by atoms with Crippen molar-refractivity contribution in [2.45, 2.75) is 31.7 Å². The first-order valence-electron chi connectivity index (χ1n) is 6.45. The van der Waals surface area contributed by atoms with Gasteiger partial charge < -0.3 is 4.90 Å². The van der Waals surface area contributed by atoms with Crippen molar-refractivity contribution < 1.29 is 9.18 Å². The number of carbonyl (C=O) groups is 1. The molecule has 5 heteroatoms. The van der Waals surface area contributed by atoms with E-state index < -0.39 is 5.82 Å². The third kappa shape index (κ3) is 3.69. The molecule has 1 atom stereocenters. The van der Waals surface area contributed by atoms with E-state index in [-0.39, 0.29) is 11.9 Å². The van der Waals surface area contributed by atoms with Crippen molar-refractivity contribution in [1.29, 1.82) is 0 Å². The highest BCUT2D eigenvalue weighted by Gasteiger charge is 2.27. The van der Waals surface area contributed by atoms with Gasteiger partial charge >= 0.3 is 0 Å². The Morgan fingerprint density at radius 1 is 1.42 bits per heavy atom. The smallest absolute Gasteiger partial charge is 0.254 e. The molecule has 1 fully saturated rings. The number of hydrogen-bond donors (Lipinski definition) is 0. The van der Waals surface area contributed by atoms with Crippen molar-refractivity contribution in [3.05, 3.63) is 34.1 Å². The van der Waals surface area contributed by atoms with Crippen LogP contribution in [0.4, 0.5) is 4.39 Å². The largest absolute Gasteiger partial charge is 0.336 e. The second kappa shape index (κ2) is 6.71. The van der Waals surface area contributed by atoms with Gasteiger partial charge in [0.15, 0.2) is 0 Å². The minimum atomic E-state index is -0.399. The van der Waals surface area contributed by atoms with Crippen molar-refractivity contribution >= 4 is 33.4 Å². The SMILES string of the molecule is O=C(c1cc(F)cc(Br)c1)N1CCCCC1CCCl. The van der Waals surface area contributed by atoms with Gasteiger partial charge in [0.25, 0.3) is 5.91 Å². The Morgan fingerprint density at radius 2 is 2.21 bits per heavy atom. The van der Waals surface area contributed by atoms with Gasteiger partial charge in [-0.2, -0.15) is 0 Å². The summed E-state index contributed by atoms with van der Waals surface area (Å²) in [6.45, 7) is 0.731. The fourth-order valence-corrected chi connectivity index (χ4v) is 3.25. The number of alkyl halides is 1. The Bertz CT molecular complexity index is 447. The summed E-state index contributed by atoms with van der Waals surface area (Å²) in [6.07, 6.45) is 3.90. The van der Waals surface area contributed by atoms with Gasteiger partial charge in [-0.25, -0.2) is 4.39 Å². The Balaban J connectivity index is 2.20. The number of carbonyl (C=O) groups excluding carboxylic acids is 1. The zero-order valence-electron chi connectivity index (χ0n) is 10.5. The Labute approximate surface area is 126 Å². The molecule has 0 aliphatic carbocycles. The molecule has 2 nitrogen and oxygen atoms in total. The Hall–Kier alpha value is -0.610. The van der Waals surface area contributed by atoms with Gasteiger partial charge in [0.1, 0.15) is 5.82 Å². The van der Waals surface area contributed by atoms with E-state index in [9.17, 15) is 9.18 Å². The summed E-state index contributed by atoms with van der Waals surface area (Å²) >= 11 is 9.02. The molecule has 0 radical (unpaired) electrons. The number of amides is 1. The molecule has 1 amide bonds. The monoisotopic (exact) mass is 347 g/mol. The molecule has 0 N–H and O–H groups in total. The molecule has 1 unspecified atom stereocenters. The van der Waals surface area contributed by atoms with Gasteiger partial charge in [-0.05, 0) is 43.9 Å². The maximum atomic E-state index is 13.4. The average molecular weight is 349 g/mol. The third-order valence-electron chi connectivity index (χ3n) is 3.44. The minimum absolute atomic E-state index is 0.102. The molecule has 2 rings (SSSR count). The highest BCUT2D eigenvalue weighted by Crippen LogP contribution is 2.24. The van der Waals surface area contributed by atoms with E-state index in [0.29, 0.717) is 15.9 Å². The van der Waals surface area contributed by atoms with Crippen molar-refractivity contribution in [3.63, 3.8) is 0 Å². The van der Waals surface area contributed by atoms with Crippen molar-refractivity contribution in [2.24, 2.45) is 0 Å². The highest BCUT2D eigenvalue weighted by atomic mass is 79.9. The molecule has 0 bridgehead atoms. The number of nitrogens with zero attached hydrogens (tertiary/aromatic N) is 1. The van der Waals surface area contributed by atoms with Crippen LogP contribution in [0, 0.1) is 5.82 Å². The number of hydrogen-bond acceptors (Lipinski definition) is 1. The predicted octanol–water partition coefficient (Wildman–Crippen LogP) is 4.21. The van der Waals surface area contributed by atoms with Crippen LogP contribution in [-0.4, -0.2) is 29.3 Å². The summed E-state index contributed by atoms with van der Waals surface area (Å²) in [5.74, 6) is 0.0417. The minimum Gasteiger partial charge on any atom is -0.336 e. The molecular weight excluding hydrogens is 333 g/mol. The van der Waals surface area contributed by atoms with Gasteiger partial charge in [0.2, 0.25) is 0 Å². The summed E-state index contributed by atoms with van der Waals surface area (Å²) in [5, 5.41) is 0. The zero-order valence-corrected chi connectivity index (χ0v) is 12.9. The van der Waals surface area contributed by atoms with E-state index in [1.165, 1.54) is 12.1 Å². The quantitative estimate of drug-likeness (QED) is 0.749. The lowest BCUT2D eigenvalue weighted by Gasteiger charge is -2.35. The van der Waals surface area contributed by atoms with Gasteiger partial charge in [-0.1, -0.05) is 15.9 Å². The van der Waals surface area contributed by atoms with E-state index in [1.807, 2.05) is 4.90 Å². The van der Waals surface area contributed by atoms with Crippen LogP contribution < -0.4 is 0 Å². The Kier molecular flexibility index (Phi) is 5.22. The summed E-state index contributed by atoms with van der Waals surface area (Å²) in [7, 11) is 0. The Morgan fingerprint density at radius 3 is 2.89 bits per heavy atom. The topological polar surface area (TPSA) is 20.3 Å². The molecule has 1 aliphatic rings. The van der Waals surface area contributed by atoms with Gasteiger partial charge in [-0.3, -0.25) is 4.79 Å². The predicted molar refractivity (Wildman–Crippen MR) is 78.1 cm³/mol. The second-order valence-corrected chi connectivity index (χ2v) is 6.08. The number of halogens is 3. The van der Waals surface area contributed by atoms with E-state index in [1.54, 1.807) is 6.07 Å². The standard InChI is InChI=1S/C14H16BrClFNO/c15-11-7-10(8-12(17)9-11)14(19)18-6-2-1-3-13(18)4-5-16/h7-9,13H,1-6H2. The lowest BCUT2D eigenvalue weighted by molar-refractivity contribution is 0.0608. The van der Waals surface area contributed by atoms with E-state index in [4.69, 9.17) is 11.6 Å². The van der Waals surface area contributed by atoms with E-state index in [0.717, 1.165) is 32.2 Å². The molecule has 104 valence electrons. The first kappa shape index (κ1) is 14.8. The summed E-state index contributed by atoms with van der Waals surface area (Å²) in [6, 6.07) is 4.49. The van der Waals surface area contributed by atoms with Gasteiger partial charge in [-0.15, -0.1) is 11.6 Å². The van der Waals surface area contributed by atoms with Crippen LogP contribution in [0.2, 0.25) is 0 Å². The van der Waals surface area contributed by atoms with Crippen molar-refractivity contribution in [2.75, 3.05) is 12.4 Å². The molecule has 0 saturated carbocycles. The normalized spacial score (nSPS) is 19.5. The third-order valence-corrected chi connectivity index (χ3v) is 4.12. The van der Waals surface area contributed by atoms with Crippen LogP contribution in [0.1, 0.15) is 36.0 Å². The van der Waals surface area contributed by atoms with Gasteiger partial charge in [0, 0.05) is 28.5 Å². The second-order valence-electron chi connectivity index (χ2n) is 4.78. The summed E-state index contributed by atoms with van der Waals surface area (Å²) in [5.41, 5.74) is 0.397. The van der Waals surface area contributed by atoms with E-state index >= 15 is 0 Å². The average Bonchev–Trinajstić information content (AvgIpc) is 2.38. The molecule has 0 spiro atoms. The number of benzene rings is 1. The molecular formula is C14H16BrClFNO. The maximum absolute atomic E-state index is 13.4. The fraction of sp³-hybridized carbons (Fsp3) is 0.500. The molecule has 1 aliphatic heterocycles. The molecule has 1 saturated heterocycles.